The number of nitrogens with one attached hydrogen (secondary N) is 1. The summed E-state index contributed by atoms with van der Waals surface area (Å²) in [6.45, 7) is 0.136. The number of rotatable bonds is 4. The number of halogens is 2. The Morgan fingerprint density at radius 3 is 2.10 bits per heavy atom. The number of hydrogen-bond donors (Lipinski definition) is 2. The van der Waals surface area contributed by atoms with E-state index in [4.69, 9.17) is 27.9 Å². The van der Waals surface area contributed by atoms with Crippen molar-refractivity contribution in [2.24, 2.45) is 0 Å². The molecule has 0 heterocycles. The molecule has 1 aliphatic carbocycles. The van der Waals surface area contributed by atoms with Gasteiger partial charge in [0, 0.05) is 5.92 Å². The summed E-state index contributed by atoms with van der Waals surface area (Å²) in [6, 6.07) is 18.8. The molecule has 2 N–H and O–H groups in total. The standard InChI is InChI=1S/C22H15Cl2NO4/c23-17-9-10-18(20(24)19(17)21(26)27)25-22(28)29-11-16-14-7-3-1-5-12(14)13-6-2-4-8-15(13)16/h1-10,16H,11H2,(H,25,28)(H,26,27). The van der Waals surface area contributed by atoms with Gasteiger partial charge in [0.2, 0.25) is 0 Å². The van der Waals surface area contributed by atoms with E-state index in [2.05, 4.69) is 17.4 Å². The third-order valence-electron chi connectivity index (χ3n) is 4.89. The van der Waals surface area contributed by atoms with Crippen LogP contribution in [0.1, 0.15) is 27.4 Å². The fourth-order valence-corrected chi connectivity index (χ4v) is 4.17. The van der Waals surface area contributed by atoms with E-state index >= 15 is 0 Å². The number of carbonyl (C=O) groups excluding carboxylic acids is 1. The van der Waals surface area contributed by atoms with Crippen molar-refractivity contribution in [3.05, 3.63) is 87.4 Å². The minimum absolute atomic E-state index is 0.0133. The lowest BCUT2D eigenvalue weighted by Gasteiger charge is -2.15. The first-order chi connectivity index (χ1) is 14.0. The van der Waals surface area contributed by atoms with Gasteiger partial charge in [0.15, 0.2) is 0 Å². The maximum atomic E-state index is 12.3. The van der Waals surface area contributed by atoms with Gasteiger partial charge >= 0.3 is 12.1 Å². The van der Waals surface area contributed by atoms with E-state index in [0.29, 0.717) is 0 Å². The third-order valence-corrected chi connectivity index (χ3v) is 5.59. The zero-order valence-electron chi connectivity index (χ0n) is 15.0. The summed E-state index contributed by atoms with van der Waals surface area (Å²) < 4.78 is 5.44. The average molecular weight is 428 g/mol. The van der Waals surface area contributed by atoms with Crippen LogP contribution in [-0.2, 0) is 4.74 Å². The number of anilines is 1. The van der Waals surface area contributed by atoms with Gasteiger partial charge in [0.05, 0.1) is 21.3 Å². The lowest BCUT2D eigenvalue weighted by Crippen LogP contribution is -2.18. The number of hydrogen-bond acceptors (Lipinski definition) is 3. The highest BCUT2D eigenvalue weighted by molar-refractivity contribution is 6.41. The number of fused-ring (bicyclic) bond motifs is 3. The van der Waals surface area contributed by atoms with Crippen LogP contribution in [0.15, 0.2) is 60.7 Å². The first kappa shape index (κ1) is 19.3. The van der Waals surface area contributed by atoms with Crippen molar-refractivity contribution in [2.45, 2.75) is 5.92 Å². The monoisotopic (exact) mass is 427 g/mol. The Morgan fingerprint density at radius 1 is 0.931 bits per heavy atom. The van der Waals surface area contributed by atoms with Crippen LogP contribution in [0.5, 0.6) is 0 Å². The molecule has 0 bridgehead atoms. The molecule has 5 nitrogen and oxygen atoms in total. The highest BCUT2D eigenvalue weighted by atomic mass is 35.5. The van der Waals surface area contributed by atoms with Crippen LogP contribution < -0.4 is 5.32 Å². The van der Waals surface area contributed by atoms with Crippen molar-refractivity contribution in [1.29, 1.82) is 0 Å². The van der Waals surface area contributed by atoms with Crippen LogP contribution in [0.4, 0.5) is 10.5 Å². The highest BCUT2D eigenvalue weighted by Crippen LogP contribution is 2.44. The molecule has 7 heteroatoms. The van der Waals surface area contributed by atoms with Crippen LogP contribution in [0.3, 0.4) is 0 Å². The van der Waals surface area contributed by atoms with Crippen LogP contribution >= 0.6 is 23.2 Å². The van der Waals surface area contributed by atoms with Crippen molar-refractivity contribution in [1.82, 2.24) is 0 Å². The predicted molar refractivity (Wildman–Crippen MR) is 112 cm³/mol. The number of carboxylic acids is 1. The Bertz CT molecular complexity index is 1080. The molecule has 0 aliphatic heterocycles. The Kier molecular flexibility index (Phi) is 5.18. The van der Waals surface area contributed by atoms with E-state index < -0.39 is 12.1 Å². The van der Waals surface area contributed by atoms with Crippen molar-refractivity contribution < 1.29 is 19.4 Å². The predicted octanol–water partition coefficient (Wildman–Crippen LogP) is 6.05. The molecule has 0 unspecified atom stereocenters. The molecule has 1 aliphatic rings. The molecule has 0 fully saturated rings. The summed E-state index contributed by atoms with van der Waals surface area (Å²) >= 11 is 11.9. The van der Waals surface area contributed by atoms with E-state index in [1.165, 1.54) is 12.1 Å². The topological polar surface area (TPSA) is 75.6 Å². The van der Waals surface area contributed by atoms with Gasteiger partial charge in [0.25, 0.3) is 0 Å². The van der Waals surface area contributed by atoms with Gasteiger partial charge in [-0.15, -0.1) is 0 Å². The quantitative estimate of drug-likeness (QED) is 0.530. The second-order valence-corrected chi connectivity index (χ2v) is 7.32. The van der Waals surface area contributed by atoms with E-state index in [1.54, 1.807) is 0 Å². The molecular formula is C22H15Cl2NO4. The molecule has 0 spiro atoms. The molecule has 0 aromatic heterocycles. The second-order valence-electron chi connectivity index (χ2n) is 6.54. The van der Waals surface area contributed by atoms with E-state index in [1.807, 2.05) is 36.4 Å². The lowest BCUT2D eigenvalue weighted by atomic mass is 9.98. The van der Waals surface area contributed by atoms with Gasteiger partial charge in [-0.1, -0.05) is 71.7 Å². The van der Waals surface area contributed by atoms with Gasteiger partial charge in [-0.3, -0.25) is 5.32 Å². The Labute approximate surface area is 176 Å². The van der Waals surface area contributed by atoms with Crippen LogP contribution in [0.2, 0.25) is 10.0 Å². The number of benzene rings is 3. The van der Waals surface area contributed by atoms with Crippen LogP contribution in [-0.4, -0.2) is 23.8 Å². The van der Waals surface area contributed by atoms with Crippen molar-refractivity contribution in [3.8, 4) is 11.1 Å². The minimum atomic E-state index is -1.28. The summed E-state index contributed by atoms with van der Waals surface area (Å²) in [5.74, 6) is -1.36. The number of ether oxygens (including phenoxy) is 1. The molecule has 0 radical (unpaired) electrons. The second kappa shape index (κ2) is 7.78. The summed E-state index contributed by atoms with van der Waals surface area (Å²) in [7, 11) is 0. The molecule has 0 saturated carbocycles. The van der Waals surface area contributed by atoms with Crippen molar-refractivity contribution in [2.75, 3.05) is 11.9 Å². The number of amides is 1. The Hall–Kier alpha value is -3.02. The summed E-state index contributed by atoms with van der Waals surface area (Å²) in [5, 5.41) is 11.5. The molecule has 0 saturated heterocycles. The minimum Gasteiger partial charge on any atom is -0.478 e. The highest BCUT2D eigenvalue weighted by Gasteiger charge is 2.29. The third kappa shape index (κ3) is 3.55. The smallest absolute Gasteiger partial charge is 0.411 e. The largest absolute Gasteiger partial charge is 0.478 e. The SMILES string of the molecule is O=C(Nc1ccc(Cl)c(C(=O)O)c1Cl)OCC1c2ccccc2-c2ccccc21. The lowest BCUT2D eigenvalue weighted by molar-refractivity contribution is 0.0697. The van der Waals surface area contributed by atoms with Crippen LogP contribution in [0.25, 0.3) is 11.1 Å². The zero-order chi connectivity index (χ0) is 20.5. The molecule has 3 aromatic rings. The molecule has 1 amide bonds. The number of aromatic carboxylic acids is 1. The molecular weight excluding hydrogens is 413 g/mol. The zero-order valence-corrected chi connectivity index (χ0v) is 16.5. The molecule has 4 rings (SSSR count). The van der Waals surface area contributed by atoms with E-state index in [0.717, 1.165) is 22.3 Å². The maximum absolute atomic E-state index is 12.3. The van der Waals surface area contributed by atoms with Crippen molar-refractivity contribution >= 4 is 41.0 Å². The summed E-state index contributed by atoms with van der Waals surface area (Å²) in [5.41, 5.74) is 4.29. The summed E-state index contributed by atoms with van der Waals surface area (Å²) in [4.78, 5) is 23.6. The Balaban J connectivity index is 1.52. The van der Waals surface area contributed by atoms with Gasteiger partial charge in [-0.2, -0.15) is 0 Å². The Morgan fingerprint density at radius 2 is 1.52 bits per heavy atom. The molecule has 29 heavy (non-hydrogen) atoms. The first-order valence-electron chi connectivity index (χ1n) is 8.80. The molecule has 0 atom stereocenters. The number of carbonyl (C=O) groups is 2. The fourth-order valence-electron chi connectivity index (χ4n) is 3.59. The maximum Gasteiger partial charge on any atom is 0.411 e. The van der Waals surface area contributed by atoms with Gasteiger partial charge in [0.1, 0.15) is 6.61 Å². The van der Waals surface area contributed by atoms with Crippen molar-refractivity contribution in [3.63, 3.8) is 0 Å². The molecule has 3 aromatic carbocycles. The van der Waals surface area contributed by atoms with E-state index in [-0.39, 0.29) is 33.8 Å². The van der Waals surface area contributed by atoms with E-state index in [9.17, 15) is 14.7 Å². The molecule has 146 valence electrons. The fraction of sp³-hybridized carbons (Fsp3) is 0.0909. The van der Waals surface area contributed by atoms with Gasteiger partial charge in [-0.05, 0) is 34.4 Å². The van der Waals surface area contributed by atoms with Crippen LogP contribution in [0, 0.1) is 0 Å². The first-order valence-corrected chi connectivity index (χ1v) is 9.56. The average Bonchev–Trinajstić information content (AvgIpc) is 3.02. The number of carboxylic acid groups (broad SMARTS) is 1. The summed E-state index contributed by atoms with van der Waals surface area (Å²) in [6.07, 6.45) is -0.729. The van der Waals surface area contributed by atoms with Gasteiger partial charge in [-0.25, -0.2) is 9.59 Å². The normalized spacial score (nSPS) is 12.2. The van der Waals surface area contributed by atoms with Gasteiger partial charge < -0.3 is 9.84 Å².